The summed E-state index contributed by atoms with van der Waals surface area (Å²) < 4.78 is 14.5. The third kappa shape index (κ3) is 5.88. The van der Waals surface area contributed by atoms with Gasteiger partial charge in [0.1, 0.15) is 5.82 Å². The Morgan fingerprint density at radius 1 is 1.23 bits per heavy atom. The van der Waals surface area contributed by atoms with Crippen LogP contribution >= 0.6 is 15.9 Å². The van der Waals surface area contributed by atoms with Gasteiger partial charge in [-0.05, 0) is 40.5 Å². The van der Waals surface area contributed by atoms with E-state index in [-0.39, 0.29) is 32.9 Å². The zero-order chi connectivity index (χ0) is 18.4. The van der Waals surface area contributed by atoms with Gasteiger partial charge in [0.15, 0.2) is 0 Å². The SMILES string of the molecule is Cc1cc(Br)c(F)cc1N.O.[CH3][Sb][c]1c[nH]c(-c2cccc(C#N)c2)c1. The van der Waals surface area contributed by atoms with Gasteiger partial charge < -0.3 is 11.2 Å². The van der Waals surface area contributed by atoms with Gasteiger partial charge in [0.2, 0.25) is 0 Å². The predicted molar refractivity (Wildman–Crippen MR) is 109 cm³/mol. The minimum absolute atomic E-state index is 0. The number of aryl methyl sites for hydroxylation is 1. The average molecular weight is 526 g/mol. The molecule has 0 bridgehead atoms. The molecule has 5 N–H and O–H groups in total. The molecule has 1 radical (unpaired) electrons. The van der Waals surface area contributed by atoms with Crippen LogP contribution in [0.4, 0.5) is 10.1 Å². The summed E-state index contributed by atoms with van der Waals surface area (Å²) >= 11 is 2.86. The molecule has 7 heteroatoms. The second-order valence-electron chi connectivity index (χ2n) is 5.31. The maximum absolute atomic E-state index is 12.6. The molecule has 3 aromatic rings. The topological polar surface area (TPSA) is 97.1 Å². The van der Waals surface area contributed by atoms with Crippen molar-refractivity contribution in [1.82, 2.24) is 4.98 Å². The van der Waals surface area contributed by atoms with Crippen LogP contribution < -0.4 is 9.24 Å². The molecule has 0 aliphatic carbocycles. The Hall–Kier alpha value is -1.80. The molecule has 0 saturated heterocycles. The molecular weight excluding hydrogens is 507 g/mol. The molecule has 2 aromatic carbocycles. The molecule has 0 saturated carbocycles. The van der Waals surface area contributed by atoms with Gasteiger partial charge in [-0.1, -0.05) is 0 Å². The van der Waals surface area contributed by atoms with Gasteiger partial charge in [-0.3, -0.25) is 0 Å². The number of hydrogen-bond donors (Lipinski definition) is 2. The summed E-state index contributed by atoms with van der Waals surface area (Å²) in [5.41, 5.74) is 9.70. The zero-order valence-electron chi connectivity index (χ0n) is 14.3. The first kappa shape index (κ1) is 22.2. The first-order valence-electron chi connectivity index (χ1n) is 7.44. The molecule has 4 nitrogen and oxygen atoms in total. The maximum atomic E-state index is 12.6. The van der Waals surface area contributed by atoms with E-state index >= 15 is 0 Å². The Morgan fingerprint density at radius 3 is 2.54 bits per heavy atom. The molecule has 0 aliphatic rings. The molecule has 0 spiro atoms. The molecule has 0 amide bonds. The summed E-state index contributed by atoms with van der Waals surface area (Å²) in [7, 11) is 0. The van der Waals surface area contributed by atoms with Crippen LogP contribution in [0.15, 0.2) is 53.1 Å². The van der Waals surface area contributed by atoms with Crippen molar-refractivity contribution in [2.45, 2.75) is 11.8 Å². The Kier molecular flexibility index (Phi) is 8.87. The molecule has 1 aromatic heterocycles. The third-order valence-electron chi connectivity index (χ3n) is 3.54. The first-order chi connectivity index (χ1) is 11.9. The number of aromatic nitrogens is 1. The number of nitrogens with one attached hydrogen (secondary N) is 1. The van der Waals surface area contributed by atoms with E-state index in [4.69, 9.17) is 11.0 Å². The molecule has 26 heavy (non-hydrogen) atoms. The van der Waals surface area contributed by atoms with Gasteiger partial charge in [0.05, 0.1) is 4.47 Å². The monoisotopic (exact) mass is 524 g/mol. The predicted octanol–water partition coefficient (Wildman–Crippen LogP) is 3.59. The fraction of sp³-hybridized carbons (Fsp3) is 0.105. The van der Waals surface area contributed by atoms with Crippen molar-refractivity contribution in [3.8, 4) is 17.3 Å². The van der Waals surface area contributed by atoms with Gasteiger partial charge in [-0.15, -0.1) is 0 Å². The summed E-state index contributed by atoms with van der Waals surface area (Å²) in [6.07, 6.45) is 2.07. The number of H-pyrrole nitrogens is 1. The van der Waals surface area contributed by atoms with E-state index < -0.39 is 0 Å². The summed E-state index contributed by atoms with van der Waals surface area (Å²) in [5.74, 6) is -0.317. The van der Waals surface area contributed by atoms with E-state index in [9.17, 15) is 4.39 Å². The van der Waals surface area contributed by atoms with E-state index in [1.54, 1.807) is 6.07 Å². The molecule has 1 heterocycles. The van der Waals surface area contributed by atoms with Crippen LogP contribution in [-0.4, -0.2) is 32.1 Å². The van der Waals surface area contributed by atoms with Crippen LogP contribution in [0.2, 0.25) is 4.87 Å². The zero-order valence-corrected chi connectivity index (χ0v) is 18.5. The summed E-state index contributed by atoms with van der Waals surface area (Å²) in [6.45, 7) is 1.83. The molecule has 0 aliphatic heterocycles. The fourth-order valence-electron chi connectivity index (χ4n) is 2.10. The van der Waals surface area contributed by atoms with Crippen molar-refractivity contribution in [2.75, 3.05) is 5.73 Å². The quantitative estimate of drug-likeness (QED) is 0.395. The summed E-state index contributed by atoms with van der Waals surface area (Å²) in [4.78, 5) is 5.53. The van der Waals surface area contributed by atoms with Crippen molar-refractivity contribution >= 4 is 46.7 Å². The Bertz CT molecular complexity index is 871. The van der Waals surface area contributed by atoms with Gasteiger partial charge in [-0.25, -0.2) is 4.39 Å². The number of hydrogen-bond acceptors (Lipinski definition) is 2. The van der Waals surface area contributed by atoms with Crippen molar-refractivity contribution in [3.63, 3.8) is 0 Å². The number of nitrogens with two attached hydrogens (primary N) is 1. The summed E-state index contributed by atoms with van der Waals surface area (Å²) in [5, 5.41) is 8.81. The second kappa shape index (κ2) is 10.4. The van der Waals surface area contributed by atoms with Crippen molar-refractivity contribution in [1.29, 1.82) is 5.26 Å². The standard InChI is InChI=1S/C11H7N2.C7H7BrFN.CH3.H2O.Sb/c12-8-9-3-1-4-10(7-9)11-5-2-6-13-11;1-4-2-5(8)6(9)3-7(4)10;;;/h1,3-7,13H;2-3H,10H2,1H3;1H3;1H2;. The number of benzene rings is 2. The summed E-state index contributed by atoms with van der Waals surface area (Å²) in [6, 6.07) is 15.0. The normalized spacial score (nSPS) is 9.50. The van der Waals surface area contributed by atoms with E-state index in [1.807, 2.05) is 31.2 Å². The van der Waals surface area contributed by atoms with E-state index in [2.05, 4.69) is 44.1 Å². The number of nitrogen functional groups attached to an aromatic ring is 1. The molecular formula is C19H19BrFN3OSb. The van der Waals surface area contributed by atoms with Gasteiger partial charge >= 0.3 is 99.7 Å². The Balaban J connectivity index is 0.000000270. The van der Waals surface area contributed by atoms with Crippen LogP contribution in [0.1, 0.15) is 11.1 Å². The third-order valence-corrected chi connectivity index (χ3v) is 6.36. The molecule has 135 valence electrons. The van der Waals surface area contributed by atoms with Gasteiger partial charge in [-0.2, -0.15) is 0 Å². The molecule has 3 rings (SSSR count). The number of nitrogens with zero attached hydrogens (tertiary/aromatic N) is 1. The van der Waals surface area contributed by atoms with Gasteiger partial charge in [0, 0.05) is 5.69 Å². The second-order valence-corrected chi connectivity index (χ2v) is 8.92. The van der Waals surface area contributed by atoms with Crippen LogP contribution in [0.5, 0.6) is 0 Å². The van der Waals surface area contributed by atoms with Crippen molar-refractivity contribution < 1.29 is 9.87 Å². The number of nitriles is 1. The van der Waals surface area contributed by atoms with Crippen molar-refractivity contribution in [2.24, 2.45) is 0 Å². The Morgan fingerprint density at radius 2 is 1.96 bits per heavy atom. The van der Waals surface area contributed by atoms with Crippen LogP contribution in [0.25, 0.3) is 11.3 Å². The molecule has 0 atom stereocenters. The Labute approximate surface area is 171 Å². The van der Waals surface area contributed by atoms with E-state index in [0.717, 1.165) is 16.8 Å². The van der Waals surface area contributed by atoms with Crippen LogP contribution in [0.3, 0.4) is 0 Å². The van der Waals surface area contributed by atoms with E-state index in [0.29, 0.717) is 15.7 Å². The minimum atomic E-state index is -0.317. The van der Waals surface area contributed by atoms with Crippen molar-refractivity contribution in [3.05, 3.63) is 70.1 Å². The molecule has 0 unspecified atom stereocenters. The number of halogens is 2. The fourth-order valence-corrected chi connectivity index (χ4v) is 3.84. The molecule has 0 fully saturated rings. The van der Waals surface area contributed by atoms with Gasteiger partial charge in [0.25, 0.3) is 0 Å². The average Bonchev–Trinajstić information content (AvgIpc) is 3.10. The van der Waals surface area contributed by atoms with Crippen LogP contribution in [0, 0.1) is 24.1 Å². The number of anilines is 1. The number of aromatic amines is 1. The van der Waals surface area contributed by atoms with E-state index in [1.165, 1.54) is 9.58 Å². The number of rotatable bonds is 2. The first-order valence-corrected chi connectivity index (χ1v) is 12.1. The van der Waals surface area contributed by atoms with Crippen LogP contribution in [-0.2, 0) is 0 Å².